The Balaban J connectivity index is 1.93. The second-order valence-electron chi connectivity index (χ2n) is 4.16. The molecule has 0 heterocycles. The molecule has 0 atom stereocenters. The van der Waals surface area contributed by atoms with Crippen LogP contribution in [-0.4, -0.2) is 16.5 Å². The molecule has 0 aliphatic rings. The highest BCUT2D eigenvalue weighted by molar-refractivity contribution is 8.13. The summed E-state index contributed by atoms with van der Waals surface area (Å²) in [4.78, 5) is 0. The van der Waals surface area contributed by atoms with Crippen LogP contribution in [0.5, 0.6) is 5.75 Å². The van der Waals surface area contributed by atoms with E-state index in [4.69, 9.17) is 17.3 Å². The van der Waals surface area contributed by atoms with Crippen LogP contribution in [0.1, 0.15) is 11.1 Å². The van der Waals surface area contributed by atoms with E-state index in [1.807, 2.05) is 30.3 Å². The molecular formula is C15H14ClN3OS. The highest BCUT2D eigenvalue weighted by atomic mass is 35.5. The molecule has 0 aromatic heterocycles. The molecule has 6 heteroatoms. The molecule has 0 fully saturated rings. The Morgan fingerprint density at radius 3 is 2.76 bits per heavy atom. The molecule has 0 saturated carbocycles. The van der Waals surface area contributed by atoms with Crippen LogP contribution in [0, 0.1) is 0 Å². The number of benzene rings is 2. The predicted molar refractivity (Wildman–Crippen MR) is 90.1 cm³/mol. The lowest BCUT2D eigenvalue weighted by atomic mass is 10.2. The van der Waals surface area contributed by atoms with Gasteiger partial charge in [0.1, 0.15) is 5.75 Å². The summed E-state index contributed by atoms with van der Waals surface area (Å²) in [5.74, 6) is 0.856. The van der Waals surface area contributed by atoms with E-state index in [9.17, 15) is 5.11 Å². The van der Waals surface area contributed by atoms with Crippen molar-refractivity contribution in [1.29, 1.82) is 0 Å². The molecule has 0 unspecified atom stereocenters. The van der Waals surface area contributed by atoms with Crippen molar-refractivity contribution in [1.82, 2.24) is 0 Å². The van der Waals surface area contributed by atoms with Gasteiger partial charge in [-0.3, -0.25) is 0 Å². The van der Waals surface area contributed by atoms with E-state index in [-0.39, 0.29) is 5.75 Å². The molecule has 108 valence electrons. The van der Waals surface area contributed by atoms with E-state index >= 15 is 0 Å². The van der Waals surface area contributed by atoms with Crippen molar-refractivity contribution in [2.75, 3.05) is 0 Å². The van der Waals surface area contributed by atoms with Gasteiger partial charge in [0.15, 0.2) is 5.17 Å². The molecule has 0 aliphatic heterocycles. The summed E-state index contributed by atoms with van der Waals surface area (Å²) in [6, 6.07) is 14.6. The third kappa shape index (κ3) is 5.13. The Labute approximate surface area is 132 Å². The van der Waals surface area contributed by atoms with Gasteiger partial charge >= 0.3 is 0 Å². The third-order valence-electron chi connectivity index (χ3n) is 2.56. The van der Waals surface area contributed by atoms with Gasteiger partial charge < -0.3 is 10.8 Å². The van der Waals surface area contributed by atoms with Crippen LogP contribution in [0.25, 0.3) is 0 Å². The zero-order valence-corrected chi connectivity index (χ0v) is 12.7. The van der Waals surface area contributed by atoms with Gasteiger partial charge in [0.25, 0.3) is 0 Å². The topological polar surface area (TPSA) is 71.0 Å². The maximum Gasteiger partial charge on any atom is 0.180 e. The van der Waals surface area contributed by atoms with Crippen molar-refractivity contribution in [3.8, 4) is 5.75 Å². The van der Waals surface area contributed by atoms with Crippen LogP contribution in [-0.2, 0) is 5.75 Å². The van der Waals surface area contributed by atoms with E-state index in [1.54, 1.807) is 6.07 Å². The number of halogens is 1. The maximum absolute atomic E-state index is 9.37. The largest absolute Gasteiger partial charge is 0.508 e. The molecule has 21 heavy (non-hydrogen) atoms. The van der Waals surface area contributed by atoms with Crippen LogP contribution < -0.4 is 5.73 Å². The highest BCUT2D eigenvalue weighted by Gasteiger charge is 1.99. The molecule has 0 saturated heterocycles. The highest BCUT2D eigenvalue weighted by Crippen LogP contribution is 2.19. The second-order valence-corrected chi connectivity index (χ2v) is 5.57. The number of phenolic OH excluding ortho intramolecular Hbond substituents is 1. The quantitative estimate of drug-likeness (QED) is 0.513. The number of hydrogen-bond acceptors (Lipinski definition) is 4. The van der Waals surface area contributed by atoms with Crippen molar-refractivity contribution in [2.45, 2.75) is 5.75 Å². The first-order valence-corrected chi connectivity index (χ1v) is 7.53. The number of nitrogens with two attached hydrogens (primary N) is 1. The summed E-state index contributed by atoms with van der Waals surface area (Å²) < 4.78 is 0. The maximum atomic E-state index is 9.37. The average Bonchev–Trinajstić information content (AvgIpc) is 2.50. The van der Waals surface area contributed by atoms with Gasteiger partial charge in [-0.25, -0.2) is 0 Å². The lowest BCUT2D eigenvalue weighted by molar-refractivity contribution is 0.475. The molecule has 0 amide bonds. The minimum atomic E-state index is 0.122. The first-order valence-electron chi connectivity index (χ1n) is 6.17. The Hall–Kier alpha value is -1.98. The normalized spacial score (nSPS) is 12.0. The molecule has 2 aromatic rings. The molecule has 0 spiro atoms. The van der Waals surface area contributed by atoms with Gasteiger partial charge in [0.2, 0.25) is 0 Å². The monoisotopic (exact) mass is 319 g/mol. The molecule has 2 rings (SSSR count). The minimum Gasteiger partial charge on any atom is -0.508 e. The smallest absolute Gasteiger partial charge is 0.180 e. The van der Waals surface area contributed by atoms with Gasteiger partial charge in [-0.15, -0.1) is 5.10 Å². The van der Waals surface area contributed by atoms with Crippen molar-refractivity contribution < 1.29 is 5.11 Å². The minimum absolute atomic E-state index is 0.122. The van der Waals surface area contributed by atoms with Crippen LogP contribution in [0.4, 0.5) is 0 Å². The third-order valence-corrected chi connectivity index (χ3v) is 3.76. The average molecular weight is 320 g/mol. The van der Waals surface area contributed by atoms with Crippen LogP contribution >= 0.6 is 23.4 Å². The Morgan fingerprint density at radius 1 is 1.24 bits per heavy atom. The number of nitrogens with zero attached hydrogens (tertiary/aromatic N) is 2. The number of phenols is 1. The predicted octanol–water partition coefficient (Wildman–Crippen LogP) is 3.63. The molecule has 4 nitrogen and oxygen atoms in total. The number of thioether (sulfide) groups is 1. The molecule has 3 N–H and O–H groups in total. The van der Waals surface area contributed by atoms with Gasteiger partial charge in [0.05, 0.1) is 6.21 Å². The number of rotatable bonds is 4. The van der Waals surface area contributed by atoms with E-state index in [2.05, 4.69) is 10.2 Å². The van der Waals surface area contributed by atoms with Crippen LogP contribution in [0.2, 0.25) is 5.02 Å². The van der Waals surface area contributed by atoms with E-state index in [0.29, 0.717) is 15.8 Å². The Morgan fingerprint density at radius 2 is 2.00 bits per heavy atom. The fourth-order valence-electron chi connectivity index (χ4n) is 1.54. The summed E-state index contributed by atoms with van der Waals surface area (Å²) in [6.45, 7) is 0. The summed E-state index contributed by atoms with van der Waals surface area (Å²) in [5.41, 5.74) is 7.52. The fourth-order valence-corrected chi connectivity index (χ4v) is 2.32. The van der Waals surface area contributed by atoms with Crippen molar-refractivity contribution >= 4 is 34.7 Å². The first kappa shape index (κ1) is 15.4. The van der Waals surface area contributed by atoms with Crippen LogP contribution in [0.3, 0.4) is 0 Å². The lowest BCUT2D eigenvalue weighted by Crippen LogP contribution is -2.06. The molecule has 2 aromatic carbocycles. The van der Waals surface area contributed by atoms with Crippen molar-refractivity contribution in [2.24, 2.45) is 15.9 Å². The lowest BCUT2D eigenvalue weighted by Gasteiger charge is -1.99. The zero-order valence-electron chi connectivity index (χ0n) is 11.1. The molecular weight excluding hydrogens is 306 g/mol. The van der Waals surface area contributed by atoms with Gasteiger partial charge in [-0.1, -0.05) is 53.7 Å². The number of aromatic hydroxyl groups is 1. The van der Waals surface area contributed by atoms with E-state index < -0.39 is 0 Å². The van der Waals surface area contributed by atoms with Gasteiger partial charge in [-0.05, 0) is 23.8 Å². The van der Waals surface area contributed by atoms with E-state index in [1.165, 1.54) is 35.7 Å². The standard InChI is InChI=1S/C15H14ClN3OS/c16-14-7-6-13(20)8-12(14)9-18-19-15(17)21-10-11-4-2-1-3-5-11/h1-9,20H,10H2,(H2,17,19). The summed E-state index contributed by atoms with van der Waals surface area (Å²) in [5, 5.41) is 18.0. The zero-order chi connectivity index (χ0) is 15.1. The summed E-state index contributed by atoms with van der Waals surface area (Å²) in [6.07, 6.45) is 1.46. The Kier molecular flexibility index (Phi) is 5.66. The molecule has 0 aliphatic carbocycles. The first-order chi connectivity index (χ1) is 10.1. The molecule has 0 radical (unpaired) electrons. The van der Waals surface area contributed by atoms with Crippen molar-refractivity contribution in [3.63, 3.8) is 0 Å². The van der Waals surface area contributed by atoms with Gasteiger partial charge in [-0.2, -0.15) is 5.10 Å². The van der Waals surface area contributed by atoms with Gasteiger partial charge in [0, 0.05) is 16.3 Å². The Bertz CT molecular complexity index is 659. The second kappa shape index (κ2) is 7.71. The summed E-state index contributed by atoms with van der Waals surface area (Å²) in [7, 11) is 0. The fraction of sp³-hybridized carbons (Fsp3) is 0.0667. The SMILES string of the molecule is NC(=NN=Cc1cc(O)ccc1Cl)SCc1ccccc1. The summed E-state index contributed by atoms with van der Waals surface area (Å²) >= 11 is 7.37. The van der Waals surface area contributed by atoms with Crippen LogP contribution in [0.15, 0.2) is 58.7 Å². The van der Waals surface area contributed by atoms with Crippen molar-refractivity contribution in [3.05, 3.63) is 64.7 Å². The number of amidine groups is 1. The molecule has 0 bridgehead atoms. The number of hydrogen-bond donors (Lipinski definition) is 2. The van der Waals surface area contributed by atoms with E-state index in [0.717, 1.165) is 5.75 Å².